The molecule has 3 nitrogen and oxygen atoms in total. The summed E-state index contributed by atoms with van der Waals surface area (Å²) in [6.45, 7) is -0.00528. The van der Waals surface area contributed by atoms with Crippen LogP contribution >= 0.6 is 0 Å². The maximum Gasteiger partial charge on any atom is 0.387 e. The topological polar surface area (TPSA) is 34.2 Å². The van der Waals surface area contributed by atoms with Crippen LogP contribution in [0.3, 0.4) is 0 Å². The number of hydrogen-bond acceptors (Lipinski definition) is 3. The first kappa shape index (κ1) is 15.4. The summed E-state index contributed by atoms with van der Waals surface area (Å²) in [5, 5.41) is 3.36. The van der Waals surface area contributed by atoms with Gasteiger partial charge in [-0.3, -0.25) is 4.98 Å². The zero-order valence-corrected chi connectivity index (χ0v) is 11.8. The molecular weight excluding hydrogens is 274 g/mol. The fourth-order valence-corrected chi connectivity index (χ4v) is 2.06. The van der Waals surface area contributed by atoms with Crippen molar-refractivity contribution >= 4 is 0 Å². The lowest BCUT2D eigenvalue weighted by Gasteiger charge is -2.15. The molecule has 1 aromatic carbocycles. The maximum atomic E-state index is 12.2. The molecule has 5 heteroatoms. The third-order valence-electron chi connectivity index (χ3n) is 3.20. The van der Waals surface area contributed by atoms with E-state index in [9.17, 15) is 8.78 Å². The van der Waals surface area contributed by atoms with Crippen LogP contribution in [0.15, 0.2) is 48.8 Å². The molecule has 0 amide bonds. The van der Waals surface area contributed by atoms with Gasteiger partial charge >= 0.3 is 6.61 Å². The Morgan fingerprint density at radius 1 is 1.19 bits per heavy atom. The molecule has 0 radical (unpaired) electrons. The fourth-order valence-electron chi connectivity index (χ4n) is 2.06. The Bertz CT molecular complexity index is 549. The van der Waals surface area contributed by atoms with Gasteiger partial charge in [0.15, 0.2) is 0 Å². The van der Waals surface area contributed by atoms with Gasteiger partial charge < -0.3 is 10.1 Å². The maximum absolute atomic E-state index is 12.2. The number of nitrogens with one attached hydrogen (secondary N) is 1. The van der Waals surface area contributed by atoms with E-state index < -0.39 is 6.61 Å². The number of halogens is 2. The van der Waals surface area contributed by atoms with Gasteiger partial charge in [-0.05, 0) is 55.3 Å². The minimum Gasteiger partial charge on any atom is -0.435 e. The molecule has 21 heavy (non-hydrogen) atoms. The Balaban J connectivity index is 1.86. The van der Waals surface area contributed by atoms with Crippen LogP contribution in [0.2, 0.25) is 0 Å². The molecule has 0 aliphatic heterocycles. The van der Waals surface area contributed by atoms with Gasteiger partial charge in [0, 0.05) is 18.4 Å². The molecule has 1 unspecified atom stereocenters. The molecule has 0 saturated carbocycles. The lowest BCUT2D eigenvalue weighted by Crippen LogP contribution is -2.21. The van der Waals surface area contributed by atoms with Crippen molar-refractivity contribution in [2.75, 3.05) is 6.54 Å². The molecule has 1 N–H and O–H groups in total. The number of aromatic nitrogens is 1. The molecule has 1 atom stereocenters. The van der Waals surface area contributed by atoms with Crippen molar-refractivity contribution in [1.29, 1.82) is 0 Å². The van der Waals surface area contributed by atoms with Crippen LogP contribution in [0.4, 0.5) is 8.78 Å². The molecule has 1 heterocycles. The fraction of sp³-hybridized carbons (Fsp3) is 0.312. The lowest BCUT2D eigenvalue weighted by atomic mass is 10.1. The van der Waals surface area contributed by atoms with Crippen molar-refractivity contribution < 1.29 is 13.5 Å². The van der Waals surface area contributed by atoms with Crippen LogP contribution in [-0.4, -0.2) is 18.1 Å². The van der Waals surface area contributed by atoms with E-state index in [0.29, 0.717) is 0 Å². The second-order valence-corrected chi connectivity index (χ2v) is 4.73. The summed E-state index contributed by atoms with van der Waals surface area (Å²) in [6, 6.07) is 10.8. The van der Waals surface area contributed by atoms with Crippen LogP contribution in [0, 0.1) is 0 Å². The number of alkyl halides is 2. The SMILES string of the molecule is CC(NCCc1ccncc1)c1cccc(OC(F)F)c1. The zero-order valence-electron chi connectivity index (χ0n) is 11.8. The van der Waals surface area contributed by atoms with E-state index in [2.05, 4.69) is 15.0 Å². The Labute approximate surface area is 123 Å². The standard InChI is InChI=1S/C16H18F2N2O/c1-12(20-10-7-13-5-8-19-9-6-13)14-3-2-4-15(11-14)21-16(17)18/h2-6,8-9,11-12,16,20H,7,10H2,1H3. The van der Waals surface area contributed by atoms with Gasteiger partial charge in [0.1, 0.15) is 5.75 Å². The molecule has 0 bridgehead atoms. The Hall–Kier alpha value is -2.01. The van der Waals surface area contributed by atoms with Crippen molar-refractivity contribution in [3.05, 3.63) is 59.9 Å². The van der Waals surface area contributed by atoms with Crippen LogP contribution in [-0.2, 0) is 6.42 Å². The largest absolute Gasteiger partial charge is 0.435 e. The Morgan fingerprint density at radius 3 is 2.67 bits per heavy atom. The van der Waals surface area contributed by atoms with Crippen molar-refractivity contribution in [2.45, 2.75) is 26.0 Å². The van der Waals surface area contributed by atoms with Gasteiger partial charge in [0.2, 0.25) is 0 Å². The third kappa shape index (κ3) is 5.11. The zero-order chi connectivity index (χ0) is 15.1. The van der Waals surface area contributed by atoms with E-state index in [4.69, 9.17) is 0 Å². The molecular formula is C16H18F2N2O. The first-order chi connectivity index (χ1) is 10.1. The molecule has 0 saturated heterocycles. The second-order valence-electron chi connectivity index (χ2n) is 4.73. The highest BCUT2D eigenvalue weighted by Gasteiger charge is 2.08. The highest BCUT2D eigenvalue weighted by atomic mass is 19.3. The number of rotatable bonds is 7. The van der Waals surface area contributed by atoms with Crippen LogP contribution in [0.25, 0.3) is 0 Å². The predicted molar refractivity (Wildman–Crippen MR) is 77.4 cm³/mol. The summed E-state index contributed by atoms with van der Waals surface area (Å²) < 4.78 is 28.8. The Morgan fingerprint density at radius 2 is 1.95 bits per heavy atom. The molecule has 2 rings (SSSR count). The smallest absolute Gasteiger partial charge is 0.387 e. The summed E-state index contributed by atoms with van der Waals surface area (Å²) in [6.07, 6.45) is 4.42. The van der Waals surface area contributed by atoms with Gasteiger partial charge in [-0.2, -0.15) is 8.78 Å². The van der Waals surface area contributed by atoms with E-state index in [-0.39, 0.29) is 11.8 Å². The number of benzene rings is 1. The first-order valence-electron chi connectivity index (χ1n) is 6.82. The second kappa shape index (κ2) is 7.69. The van der Waals surface area contributed by atoms with E-state index in [0.717, 1.165) is 18.5 Å². The van der Waals surface area contributed by atoms with Crippen LogP contribution in [0.5, 0.6) is 5.75 Å². The van der Waals surface area contributed by atoms with Crippen molar-refractivity contribution in [3.8, 4) is 5.75 Å². The quantitative estimate of drug-likeness (QED) is 0.847. The average Bonchev–Trinajstić information content (AvgIpc) is 2.48. The summed E-state index contributed by atoms with van der Waals surface area (Å²) in [5.41, 5.74) is 2.13. The van der Waals surface area contributed by atoms with E-state index >= 15 is 0 Å². The minimum absolute atomic E-state index is 0.0630. The van der Waals surface area contributed by atoms with Crippen LogP contribution in [0.1, 0.15) is 24.1 Å². The minimum atomic E-state index is -2.80. The number of nitrogens with zero attached hydrogens (tertiary/aromatic N) is 1. The molecule has 0 aliphatic rings. The number of pyridine rings is 1. The number of hydrogen-bond donors (Lipinski definition) is 1. The highest BCUT2D eigenvalue weighted by Crippen LogP contribution is 2.20. The van der Waals surface area contributed by atoms with Gasteiger partial charge in [-0.25, -0.2) is 0 Å². The summed E-state index contributed by atoms with van der Waals surface area (Å²) in [7, 11) is 0. The third-order valence-corrected chi connectivity index (χ3v) is 3.20. The Kier molecular flexibility index (Phi) is 5.63. The molecule has 0 aliphatic carbocycles. The van der Waals surface area contributed by atoms with E-state index in [1.165, 1.54) is 11.6 Å². The van der Waals surface area contributed by atoms with Crippen molar-refractivity contribution in [3.63, 3.8) is 0 Å². The van der Waals surface area contributed by atoms with E-state index in [1.54, 1.807) is 24.5 Å². The van der Waals surface area contributed by atoms with Gasteiger partial charge in [-0.15, -0.1) is 0 Å². The first-order valence-corrected chi connectivity index (χ1v) is 6.82. The predicted octanol–water partition coefficient (Wildman–Crippen LogP) is 3.58. The van der Waals surface area contributed by atoms with Crippen molar-refractivity contribution in [1.82, 2.24) is 10.3 Å². The molecule has 0 fully saturated rings. The molecule has 2 aromatic rings. The van der Waals surface area contributed by atoms with E-state index in [1.807, 2.05) is 25.1 Å². The summed E-state index contributed by atoms with van der Waals surface area (Å²) >= 11 is 0. The van der Waals surface area contributed by atoms with Crippen LogP contribution < -0.4 is 10.1 Å². The molecule has 1 aromatic heterocycles. The average molecular weight is 292 g/mol. The normalized spacial score (nSPS) is 12.4. The van der Waals surface area contributed by atoms with Gasteiger partial charge in [0.25, 0.3) is 0 Å². The monoisotopic (exact) mass is 292 g/mol. The summed E-state index contributed by atoms with van der Waals surface area (Å²) in [5.74, 6) is 0.185. The van der Waals surface area contributed by atoms with Gasteiger partial charge in [-0.1, -0.05) is 12.1 Å². The molecule has 0 spiro atoms. The van der Waals surface area contributed by atoms with Crippen molar-refractivity contribution in [2.24, 2.45) is 0 Å². The summed E-state index contributed by atoms with van der Waals surface area (Å²) in [4.78, 5) is 3.97. The lowest BCUT2D eigenvalue weighted by molar-refractivity contribution is -0.0499. The highest BCUT2D eigenvalue weighted by molar-refractivity contribution is 5.30. The number of ether oxygens (including phenoxy) is 1. The van der Waals surface area contributed by atoms with Gasteiger partial charge in [0.05, 0.1) is 0 Å². The molecule has 112 valence electrons.